The molecule has 0 saturated heterocycles. The maximum atomic E-state index is 10.9. The number of rotatable bonds is 5. The van der Waals surface area contributed by atoms with Crippen LogP contribution in [0.5, 0.6) is 0 Å². The summed E-state index contributed by atoms with van der Waals surface area (Å²) in [4.78, 5) is 12.9. The minimum absolute atomic E-state index is 0.167. The van der Waals surface area contributed by atoms with Crippen molar-refractivity contribution in [1.82, 2.24) is 0 Å². The molecule has 0 aromatic heterocycles. The van der Waals surface area contributed by atoms with E-state index in [0.717, 1.165) is 17.8 Å². The Morgan fingerprint density at radius 2 is 2.11 bits per heavy atom. The van der Waals surface area contributed by atoms with E-state index in [2.05, 4.69) is 27.8 Å². The standard InChI is InChI=1S/C14H19BrN2O2/c1-2-16(12-5-3-4-6-12)14-8-7-13(17(18)19)9-11(14)10-15/h7-9,12H,2-6,10H2,1H3. The normalized spacial score (nSPS) is 15.7. The maximum Gasteiger partial charge on any atom is 0.269 e. The number of hydrogen-bond acceptors (Lipinski definition) is 3. The van der Waals surface area contributed by atoms with Gasteiger partial charge in [-0.05, 0) is 31.4 Å². The number of anilines is 1. The zero-order valence-electron chi connectivity index (χ0n) is 11.1. The predicted molar refractivity (Wildman–Crippen MR) is 81.0 cm³/mol. The summed E-state index contributed by atoms with van der Waals surface area (Å²) in [6, 6.07) is 5.78. The first-order valence-electron chi connectivity index (χ1n) is 6.77. The summed E-state index contributed by atoms with van der Waals surface area (Å²) in [5.41, 5.74) is 2.31. The van der Waals surface area contributed by atoms with E-state index >= 15 is 0 Å². The molecule has 5 heteroatoms. The van der Waals surface area contributed by atoms with Crippen molar-refractivity contribution >= 4 is 27.3 Å². The monoisotopic (exact) mass is 326 g/mol. The molecular formula is C14H19BrN2O2. The number of halogens is 1. The van der Waals surface area contributed by atoms with Crippen molar-refractivity contribution in [2.24, 2.45) is 0 Å². The zero-order valence-corrected chi connectivity index (χ0v) is 12.7. The van der Waals surface area contributed by atoms with E-state index in [9.17, 15) is 10.1 Å². The third-order valence-electron chi connectivity index (χ3n) is 3.83. The number of nitro benzene ring substituents is 1. The van der Waals surface area contributed by atoms with Crippen LogP contribution in [0.2, 0.25) is 0 Å². The zero-order chi connectivity index (χ0) is 13.8. The Labute approximate surface area is 122 Å². The Balaban J connectivity index is 2.33. The Kier molecular flexibility index (Phi) is 4.80. The molecule has 104 valence electrons. The second kappa shape index (κ2) is 6.37. The highest BCUT2D eigenvalue weighted by Crippen LogP contribution is 2.33. The summed E-state index contributed by atoms with van der Waals surface area (Å²) < 4.78 is 0. The van der Waals surface area contributed by atoms with Gasteiger partial charge in [0.2, 0.25) is 0 Å². The van der Waals surface area contributed by atoms with Gasteiger partial charge < -0.3 is 4.90 Å². The van der Waals surface area contributed by atoms with Crippen LogP contribution in [0.25, 0.3) is 0 Å². The van der Waals surface area contributed by atoms with Crippen LogP contribution in [0, 0.1) is 10.1 Å². The van der Waals surface area contributed by atoms with Crippen LogP contribution in [0.4, 0.5) is 11.4 Å². The lowest BCUT2D eigenvalue weighted by atomic mass is 10.1. The van der Waals surface area contributed by atoms with Gasteiger partial charge in [-0.15, -0.1) is 0 Å². The molecule has 19 heavy (non-hydrogen) atoms. The minimum atomic E-state index is -0.332. The number of non-ortho nitro benzene ring substituents is 1. The molecule has 0 unspecified atom stereocenters. The first-order chi connectivity index (χ1) is 9.17. The van der Waals surface area contributed by atoms with Gasteiger partial charge >= 0.3 is 0 Å². The Bertz CT molecular complexity index is 459. The number of hydrogen-bond donors (Lipinski definition) is 0. The van der Waals surface area contributed by atoms with E-state index < -0.39 is 0 Å². The molecule has 0 amide bonds. The maximum absolute atomic E-state index is 10.9. The number of nitrogens with zero attached hydrogens (tertiary/aromatic N) is 2. The predicted octanol–water partition coefficient (Wildman–Crippen LogP) is 4.26. The summed E-state index contributed by atoms with van der Waals surface area (Å²) in [6.45, 7) is 3.10. The second-order valence-electron chi connectivity index (χ2n) is 4.93. The molecule has 0 heterocycles. The van der Waals surface area contributed by atoms with E-state index in [-0.39, 0.29) is 10.6 Å². The first-order valence-corrected chi connectivity index (χ1v) is 7.89. The lowest BCUT2D eigenvalue weighted by Gasteiger charge is -2.31. The smallest absolute Gasteiger partial charge is 0.269 e. The fourth-order valence-electron chi connectivity index (χ4n) is 2.91. The Morgan fingerprint density at radius 3 is 2.63 bits per heavy atom. The van der Waals surface area contributed by atoms with Gasteiger partial charge in [-0.25, -0.2) is 0 Å². The van der Waals surface area contributed by atoms with Crippen molar-refractivity contribution in [2.75, 3.05) is 11.4 Å². The number of benzene rings is 1. The molecule has 0 radical (unpaired) electrons. The summed E-state index contributed by atoms with van der Waals surface area (Å²) >= 11 is 3.45. The second-order valence-corrected chi connectivity index (χ2v) is 5.49. The van der Waals surface area contributed by atoms with Gasteiger partial charge in [0.15, 0.2) is 0 Å². The third kappa shape index (κ3) is 3.08. The summed E-state index contributed by atoms with van der Waals surface area (Å²) in [7, 11) is 0. The van der Waals surface area contributed by atoms with Crippen LogP contribution >= 0.6 is 15.9 Å². The van der Waals surface area contributed by atoms with E-state index in [1.54, 1.807) is 12.1 Å². The molecule has 0 bridgehead atoms. The molecule has 0 N–H and O–H groups in total. The average molecular weight is 327 g/mol. The fourth-order valence-corrected chi connectivity index (χ4v) is 3.36. The molecule has 4 nitrogen and oxygen atoms in total. The van der Waals surface area contributed by atoms with E-state index in [1.807, 2.05) is 6.07 Å². The van der Waals surface area contributed by atoms with Gasteiger partial charge in [0.25, 0.3) is 5.69 Å². The van der Waals surface area contributed by atoms with Gasteiger partial charge in [-0.1, -0.05) is 28.8 Å². The van der Waals surface area contributed by atoms with Crippen LogP contribution in [0.3, 0.4) is 0 Å². The van der Waals surface area contributed by atoms with Crippen molar-refractivity contribution in [3.05, 3.63) is 33.9 Å². The molecule has 1 aliphatic carbocycles. The molecule has 1 aromatic rings. The molecule has 1 aromatic carbocycles. The van der Waals surface area contributed by atoms with Crippen molar-refractivity contribution in [1.29, 1.82) is 0 Å². The molecule has 0 spiro atoms. The largest absolute Gasteiger partial charge is 0.369 e. The van der Waals surface area contributed by atoms with Crippen molar-refractivity contribution in [2.45, 2.75) is 44.0 Å². The summed E-state index contributed by atoms with van der Waals surface area (Å²) in [6.07, 6.45) is 5.04. The van der Waals surface area contributed by atoms with Crippen LogP contribution in [-0.4, -0.2) is 17.5 Å². The summed E-state index contributed by atoms with van der Waals surface area (Å²) in [5, 5.41) is 11.5. The van der Waals surface area contributed by atoms with Gasteiger partial charge in [0.05, 0.1) is 4.92 Å². The highest BCUT2D eigenvalue weighted by Gasteiger charge is 2.24. The van der Waals surface area contributed by atoms with E-state index in [1.165, 1.54) is 25.7 Å². The first kappa shape index (κ1) is 14.3. The van der Waals surface area contributed by atoms with Crippen molar-refractivity contribution in [3.8, 4) is 0 Å². The van der Waals surface area contributed by atoms with Crippen molar-refractivity contribution < 1.29 is 4.92 Å². The molecule has 0 atom stereocenters. The van der Waals surface area contributed by atoms with Crippen LogP contribution in [-0.2, 0) is 5.33 Å². The fraction of sp³-hybridized carbons (Fsp3) is 0.571. The van der Waals surface area contributed by atoms with E-state index in [4.69, 9.17) is 0 Å². The van der Waals surface area contributed by atoms with Crippen LogP contribution < -0.4 is 4.90 Å². The Hall–Kier alpha value is -1.10. The quantitative estimate of drug-likeness (QED) is 0.461. The minimum Gasteiger partial charge on any atom is -0.369 e. The average Bonchev–Trinajstić information content (AvgIpc) is 2.93. The lowest BCUT2D eigenvalue weighted by molar-refractivity contribution is -0.384. The molecule has 2 rings (SSSR count). The Morgan fingerprint density at radius 1 is 1.42 bits per heavy atom. The summed E-state index contributed by atoms with van der Waals surface area (Å²) in [5.74, 6) is 0. The van der Waals surface area contributed by atoms with Crippen LogP contribution in [0.15, 0.2) is 18.2 Å². The SMILES string of the molecule is CCN(c1ccc([N+](=O)[O-])cc1CBr)C1CCCC1. The number of alkyl halides is 1. The highest BCUT2D eigenvalue weighted by atomic mass is 79.9. The van der Waals surface area contributed by atoms with Gasteiger partial charge in [-0.2, -0.15) is 0 Å². The van der Waals surface area contributed by atoms with E-state index in [0.29, 0.717) is 11.4 Å². The molecule has 1 aliphatic rings. The molecule has 0 aliphatic heterocycles. The van der Waals surface area contributed by atoms with Gasteiger partial charge in [0.1, 0.15) is 0 Å². The third-order valence-corrected chi connectivity index (χ3v) is 4.44. The van der Waals surface area contributed by atoms with Gasteiger partial charge in [0, 0.05) is 35.7 Å². The number of nitro groups is 1. The molecular weight excluding hydrogens is 308 g/mol. The van der Waals surface area contributed by atoms with Gasteiger partial charge in [-0.3, -0.25) is 10.1 Å². The molecule has 1 saturated carbocycles. The molecule has 1 fully saturated rings. The highest BCUT2D eigenvalue weighted by molar-refractivity contribution is 9.08. The lowest BCUT2D eigenvalue weighted by Crippen LogP contribution is -2.33. The van der Waals surface area contributed by atoms with Crippen LogP contribution in [0.1, 0.15) is 38.2 Å². The van der Waals surface area contributed by atoms with Crippen molar-refractivity contribution in [3.63, 3.8) is 0 Å². The topological polar surface area (TPSA) is 46.4 Å².